The number of aromatic hydroxyl groups is 1. The first-order chi connectivity index (χ1) is 6.25. The molecule has 0 aromatic heterocycles. The lowest BCUT2D eigenvalue weighted by Crippen LogP contribution is -2.16. The average molecular weight is 177 g/mol. The van der Waals surface area contributed by atoms with Crippen LogP contribution in [0.3, 0.4) is 0 Å². The minimum absolute atomic E-state index is 0.00972. The van der Waals surface area contributed by atoms with E-state index in [1.807, 2.05) is 0 Å². The Bertz CT molecular complexity index is 331. The van der Waals surface area contributed by atoms with Gasteiger partial charge in [0.05, 0.1) is 5.56 Å². The zero-order valence-electron chi connectivity index (χ0n) is 7.32. The van der Waals surface area contributed by atoms with Crippen LogP contribution in [0.1, 0.15) is 17.3 Å². The zero-order chi connectivity index (χ0) is 9.68. The van der Waals surface area contributed by atoms with Gasteiger partial charge in [-0.05, 0) is 25.3 Å². The molecule has 68 valence electrons. The molecule has 1 rings (SSSR count). The van der Waals surface area contributed by atoms with Crippen molar-refractivity contribution in [3.05, 3.63) is 42.1 Å². The van der Waals surface area contributed by atoms with E-state index in [1.54, 1.807) is 31.2 Å². The highest BCUT2D eigenvalue weighted by atomic mass is 16.3. The number of rotatable bonds is 2. The van der Waals surface area contributed by atoms with Gasteiger partial charge in [0.25, 0.3) is 5.91 Å². The lowest BCUT2D eigenvalue weighted by molar-refractivity contribution is 0.0967. The summed E-state index contributed by atoms with van der Waals surface area (Å²) in [5, 5.41) is 11.8. The van der Waals surface area contributed by atoms with E-state index in [-0.39, 0.29) is 17.2 Å². The van der Waals surface area contributed by atoms with Crippen molar-refractivity contribution in [2.24, 2.45) is 0 Å². The normalized spacial score (nSPS) is 10.2. The third-order valence-electron chi connectivity index (χ3n) is 1.53. The van der Waals surface area contributed by atoms with Crippen LogP contribution in [0.15, 0.2) is 36.5 Å². The standard InChI is InChI=1S/C10H11NO2/c1-2-7-11-10(13)8-5-3-4-6-9(8)12/h2-7,12H,1H3,(H,11,13). The fourth-order valence-corrected chi connectivity index (χ4v) is 0.902. The van der Waals surface area contributed by atoms with Gasteiger partial charge >= 0.3 is 0 Å². The molecule has 3 nitrogen and oxygen atoms in total. The molecule has 2 N–H and O–H groups in total. The minimum Gasteiger partial charge on any atom is -0.507 e. The highest BCUT2D eigenvalue weighted by molar-refractivity contribution is 5.97. The Morgan fingerprint density at radius 3 is 2.77 bits per heavy atom. The number of allylic oxidation sites excluding steroid dienone is 1. The molecule has 0 aliphatic rings. The van der Waals surface area contributed by atoms with E-state index in [4.69, 9.17) is 0 Å². The zero-order valence-corrected chi connectivity index (χ0v) is 7.32. The predicted octanol–water partition coefficient (Wildman–Crippen LogP) is 1.66. The number of nitrogens with one attached hydrogen (secondary N) is 1. The van der Waals surface area contributed by atoms with Gasteiger partial charge in [0.2, 0.25) is 0 Å². The number of hydrogen-bond acceptors (Lipinski definition) is 2. The number of carbonyl (C=O) groups is 1. The molecule has 1 aromatic rings. The molecule has 0 saturated carbocycles. The van der Waals surface area contributed by atoms with Crippen LogP contribution >= 0.6 is 0 Å². The molecule has 0 fully saturated rings. The summed E-state index contributed by atoms with van der Waals surface area (Å²) >= 11 is 0. The maximum absolute atomic E-state index is 11.3. The molecule has 0 bridgehead atoms. The van der Waals surface area contributed by atoms with Gasteiger partial charge in [0.1, 0.15) is 5.75 Å². The molecule has 1 aromatic carbocycles. The quantitative estimate of drug-likeness (QED) is 0.721. The van der Waals surface area contributed by atoms with Crippen molar-refractivity contribution >= 4 is 5.91 Å². The third kappa shape index (κ3) is 2.33. The summed E-state index contributed by atoms with van der Waals surface area (Å²) < 4.78 is 0. The van der Waals surface area contributed by atoms with Crippen molar-refractivity contribution in [2.75, 3.05) is 0 Å². The summed E-state index contributed by atoms with van der Waals surface area (Å²) in [4.78, 5) is 11.3. The highest BCUT2D eigenvalue weighted by Crippen LogP contribution is 2.14. The van der Waals surface area contributed by atoms with Crippen LogP contribution in [-0.2, 0) is 0 Å². The second kappa shape index (κ2) is 4.30. The lowest BCUT2D eigenvalue weighted by atomic mass is 10.2. The van der Waals surface area contributed by atoms with Crippen LogP contribution < -0.4 is 5.32 Å². The third-order valence-corrected chi connectivity index (χ3v) is 1.53. The monoisotopic (exact) mass is 177 g/mol. The van der Waals surface area contributed by atoms with Gasteiger partial charge in [-0.15, -0.1) is 0 Å². The first-order valence-corrected chi connectivity index (χ1v) is 3.95. The molecule has 3 heteroatoms. The summed E-state index contributed by atoms with van der Waals surface area (Å²) in [7, 11) is 0. The van der Waals surface area contributed by atoms with Gasteiger partial charge in [0.15, 0.2) is 0 Å². The van der Waals surface area contributed by atoms with Crippen molar-refractivity contribution < 1.29 is 9.90 Å². The van der Waals surface area contributed by atoms with Gasteiger partial charge in [-0.1, -0.05) is 18.2 Å². The Kier molecular flexibility index (Phi) is 3.09. The van der Waals surface area contributed by atoms with Gasteiger partial charge in [-0.25, -0.2) is 0 Å². The first-order valence-electron chi connectivity index (χ1n) is 3.95. The number of phenols is 1. The molecule has 0 aliphatic carbocycles. The maximum atomic E-state index is 11.3. The van der Waals surface area contributed by atoms with Crippen molar-refractivity contribution in [3.63, 3.8) is 0 Å². The van der Waals surface area contributed by atoms with Crippen LogP contribution in [0.4, 0.5) is 0 Å². The van der Waals surface area contributed by atoms with Gasteiger partial charge < -0.3 is 10.4 Å². The maximum Gasteiger partial charge on any atom is 0.258 e. The van der Waals surface area contributed by atoms with Crippen LogP contribution in [0.2, 0.25) is 0 Å². The van der Waals surface area contributed by atoms with Crippen molar-refractivity contribution in [1.82, 2.24) is 5.32 Å². The molecule has 0 unspecified atom stereocenters. The molecule has 0 atom stereocenters. The summed E-state index contributed by atoms with van der Waals surface area (Å²) in [6.45, 7) is 1.80. The molecule has 1 amide bonds. The van der Waals surface area contributed by atoms with Gasteiger partial charge in [-0.2, -0.15) is 0 Å². The van der Waals surface area contributed by atoms with E-state index >= 15 is 0 Å². The van der Waals surface area contributed by atoms with Crippen LogP contribution in [0.25, 0.3) is 0 Å². The molecular formula is C10H11NO2. The number of benzene rings is 1. The molecule has 13 heavy (non-hydrogen) atoms. The summed E-state index contributed by atoms with van der Waals surface area (Å²) in [5.41, 5.74) is 0.278. The fourth-order valence-electron chi connectivity index (χ4n) is 0.902. The molecule has 0 heterocycles. The van der Waals surface area contributed by atoms with E-state index in [0.717, 1.165) is 0 Å². The second-order valence-corrected chi connectivity index (χ2v) is 2.49. The van der Waals surface area contributed by atoms with Crippen molar-refractivity contribution in [2.45, 2.75) is 6.92 Å². The molecule has 0 saturated heterocycles. The van der Waals surface area contributed by atoms with E-state index in [0.29, 0.717) is 0 Å². The van der Waals surface area contributed by atoms with E-state index in [1.165, 1.54) is 12.3 Å². The Morgan fingerprint density at radius 1 is 1.46 bits per heavy atom. The van der Waals surface area contributed by atoms with Gasteiger partial charge in [-0.3, -0.25) is 4.79 Å². The summed E-state index contributed by atoms with van der Waals surface area (Å²) in [5.74, 6) is -0.319. The second-order valence-electron chi connectivity index (χ2n) is 2.49. The molecule has 0 radical (unpaired) electrons. The molecular weight excluding hydrogens is 166 g/mol. The van der Waals surface area contributed by atoms with Crippen LogP contribution in [0, 0.1) is 0 Å². The summed E-state index contributed by atoms with van der Waals surface area (Å²) in [6, 6.07) is 6.41. The van der Waals surface area contributed by atoms with Crippen LogP contribution in [-0.4, -0.2) is 11.0 Å². The van der Waals surface area contributed by atoms with E-state index in [9.17, 15) is 9.90 Å². The molecule has 0 aliphatic heterocycles. The van der Waals surface area contributed by atoms with E-state index in [2.05, 4.69) is 5.32 Å². The van der Waals surface area contributed by atoms with Crippen molar-refractivity contribution in [1.29, 1.82) is 0 Å². The number of amides is 1. The summed E-state index contributed by atoms with van der Waals surface area (Å²) in [6.07, 6.45) is 3.23. The fraction of sp³-hybridized carbons (Fsp3) is 0.100. The number of para-hydroxylation sites is 1. The minimum atomic E-state index is -0.309. The number of carbonyl (C=O) groups excluding carboxylic acids is 1. The average Bonchev–Trinajstić information content (AvgIpc) is 2.15. The van der Waals surface area contributed by atoms with Gasteiger partial charge in [0, 0.05) is 0 Å². The number of hydrogen-bond donors (Lipinski definition) is 2. The van der Waals surface area contributed by atoms with Crippen LogP contribution in [0.5, 0.6) is 5.75 Å². The highest BCUT2D eigenvalue weighted by Gasteiger charge is 2.07. The predicted molar refractivity (Wildman–Crippen MR) is 50.4 cm³/mol. The topological polar surface area (TPSA) is 49.3 Å². The Morgan fingerprint density at radius 2 is 2.15 bits per heavy atom. The number of phenolic OH excluding ortho intramolecular Hbond substituents is 1. The first kappa shape index (κ1) is 9.32. The van der Waals surface area contributed by atoms with Crippen molar-refractivity contribution in [3.8, 4) is 5.75 Å². The Hall–Kier alpha value is -1.77. The Labute approximate surface area is 76.7 Å². The molecule has 0 spiro atoms. The largest absolute Gasteiger partial charge is 0.507 e. The SMILES string of the molecule is CC=CNC(=O)c1ccccc1O. The smallest absolute Gasteiger partial charge is 0.258 e. The lowest BCUT2D eigenvalue weighted by Gasteiger charge is -2.01. The van der Waals surface area contributed by atoms with E-state index < -0.39 is 0 Å². The Balaban J connectivity index is 2.83.